The van der Waals surface area contributed by atoms with Crippen molar-refractivity contribution < 1.29 is 18.4 Å². The number of carbonyl (C=O) groups excluding carboxylic acids is 2. The summed E-state index contributed by atoms with van der Waals surface area (Å²) in [7, 11) is 0. The standard InChI is InChI=1S/C29H36F2N4O2/c1-4-28(36)35-15-8-13-32(21(2)3)12-7-14-34(19-23-17-24(30)25(31)18-27(23)35)29(37)20-33-16-11-22-9-5-6-10-26(22)33/h5-6,9-11,16-18,21H,4,7-8,12-15,19-20H2,1-3H3. The van der Waals surface area contributed by atoms with Crippen molar-refractivity contribution in [3.05, 3.63) is 65.9 Å². The molecule has 0 spiro atoms. The van der Waals surface area contributed by atoms with Crippen molar-refractivity contribution in [2.75, 3.05) is 31.1 Å². The van der Waals surface area contributed by atoms with Gasteiger partial charge in [0.2, 0.25) is 11.8 Å². The van der Waals surface area contributed by atoms with Crippen LogP contribution in [0, 0.1) is 11.6 Å². The number of fused-ring (bicyclic) bond motifs is 2. The number of aromatic nitrogens is 1. The lowest BCUT2D eigenvalue weighted by molar-refractivity contribution is -0.132. The van der Waals surface area contributed by atoms with Gasteiger partial charge in [0.1, 0.15) is 6.54 Å². The lowest BCUT2D eigenvalue weighted by atomic mass is 10.1. The molecule has 0 saturated carbocycles. The van der Waals surface area contributed by atoms with Gasteiger partial charge in [0, 0.05) is 63.0 Å². The summed E-state index contributed by atoms with van der Waals surface area (Å²) in [4.78, 5) is 32.1. The van der Waals surface area contributed by atoms with Gasteiger partial charge in [-0.25, -0.2) is 8.78 Å². The number of anilines is 1. The predicted molar refractivity (Wildman–Crippen MR) is 142 cm³/mol. The molecule has 6 nitrogen and oxygen atoms in total. The Morgan fingerprint density at radius 3 is 2.35 bits per heavy atom. The molecule has 2 amide bonds. The molecule has 2 aromatic carbocycles. The van der Waals surface area contributed by atoms with Gasteiger partial charge in [0.15, 0.2) is 11.6 Å². The van der Waals surface area contributed by atoms with Gasteiger partial charge < -0.3 is 19.3 Å². The second-order valence-electron chi connectivity index (χ2n) is 9.95. The maximum absolute atomic E-state index is 14.4. The molecule has 0 bridgehead atoms. The van der Waals surface area contributed by atoms with Crippen molar-refractivity contribution in [1.82, 2.24) is 14.4 Å². The van der Waals surface area contributed by atoms with Gasteiger partial charge in [-0.3, -0.25) is 9.59 Å². The van der Waals surface area contributed by atoms with E-state index in [4.69, 9.17) is 0 Å². The number of para-hydroxylation sites is 1. The lowest BCUT2D eigenvalue weighted by Gasteiger charge is -2.33. The summed E-state index contributed by atoms with van der Waals surface area (Å²) in [6, 6.07) is 12.4. The molecule has 4 rings (SSSR count). The van der Waals surface area contributed by atoms with Crippen LogP contribution < -0.4 is 4.90 Å². The quantitative estimate of drug-likeness (QED) is 0.485. The van der Waals surface area contributed by atoms with E-state index in [1.807, 2.05) is 41.1 Å². The number of carbonyl (C=O) groups is 2. The van der Waals surface area contributed by atoms with Crippen molar-refractivity contribution in [3.63, 3.8) is 0 Å². The Balaban J connectivity index is 1.70. The highest BCUT2D eigenvalue weighted by Crippen LogP contribution is 2.28. The van der Waals surface area contributed by atoms with E-state index in [1.54, 1.807) is 16.7 Å². The molecule has 2 heterocycles. The van der Waals surface area contributed by atoms with Crippen molar-refractivity contribution in [2.45, 2.75) is 59.2 Å². The minimum atomic E-state index is -1.000. The van der Waals surface area contributed by atoms with E-state index in [0.717, 1.165) is 42.5 Å². The second-order valence-corrected chi connectivity index (χ2v) is 9.95. The van der Waals surface area contributed by atoms with Crippen molar-refractivity contribution in [1.29, 1.82) is 0 Å². The third kappa shape index (κ3) is 6.18. The molecular formula is C29H36F2N4O2. The normalized spacial score (nSPS) is 15.9. The number of benzene rings is 2. The molecule has 1 aliphatic heterocycles. The minimum Gasteiger partial charge on any atom is -0.338 e. The van der Waals surface area contributed by atoms with Crippen molar-refractivity contribution >= 4 is 28.4 Å². The zero-order valence-corrected chi connectivity index (χ0v) is 21.9. The maximum atomic E-state index is 14.4. The smallest absolute Gasteiger partial charge is 0.242 e. The van der Waals surface area contributed by atoms with Crippen molar-refractivity contribution in [3.8, 4) is 0 Å². The van der Waals surface area contributed by atoms with Gasteiger partial charge in [-0.15, -0.1) is 0 Å². The molecule has 1 aliphatic rings. The molecule has 0 aliphatic carbocycles. The highest BCUT2D eigenvalue weighted by molar-refractivity contribution is 5.94. The first-order valence-electron chi connectivity index (χ1n) is 13.1. The maximum Gasteiger partial charge on any atom is 0.242 e. The highest BCUT2D eigenvalue weighted by Gasteiger charge is 2.25. The molecule has 0 atom stereocenters. The third-order valence-electron chi connectivity index (χ3n) is 7.15. The van der Waals surface area contributed by atoms with Gasteiger partial charge in [-0.05, 0) is 55.8 Å². The second kappa shape index (κ2) is 11.9. The molecule has 0 fully saturated rings. The zero-order chi connectivity index (χ0) is 26.5. The predicted octanol–water partition coefficient (Wildman–Crippen LogP) is 5.20. The number of amides is 2. The summed E-state index contributed by atoms with van der Waals surface area (Å²) in [6.07, 6.45) is 3.61. The van der Waals surface area contributed by atoms with E-state index < -0.39 is 11.6 Å². The fourth-order valence-corrected chi connectivity index (χ4v) is 5.07. The van der Waals surface area contributed by atoms with Gasteiger partial charge in [0.05, 0.1) is 5.69 Å². The average Bonchev–Trinajstić information content (AvgIpc) is 3.28. The van der Waals surface area contributed by atoms with Gasteiger partial charge in [0.25, 0.3) is 0 Å². The molecule has 0 unspecified atom stereocenters. The fourth-order valence-electron chi connectivity index (χ4n) is 5.07. The van der Waals surface area contributed by atoms with Crippen LogP contribution >= 0.6 is 0 Å². The molecule has 8 heteroatoms. The molecule has 0 radical (unpaired) electrons. The number of hydrogen-bond acceptors (Lipinski definition) is 3. The van der Waals surface area contributed by atoms with Crippen LogP contribution in [0.15, 0.2) is 48.7 Å². The average molecular weight is 511 g/mol. The summed E-state index contributed by atoms with van der Waals surface area (Å²) in [5.41, 5.74) is 1.74. The van der Waals surface area contributed by atoms with Crippen LogP contribution in [0.4, 0.5) is 14.5 Å². The number of nitrogens with zero attached hydrogens (tertiary/aromatic N) is 4. The summed E-state index contributed by atoms with van der Waals surface area (Å²) in [5, 5.41) is 1.05. The van der Waals surface area contributed by atoms with E-state index in [1.165, 1.54) is 0 Å². The van der Waals surface area contributed by atoms with Crippen LogP contribution in [-0.2, 0) is 22.7 Å². The van der Waals surface area contributed by atoms with E-state index in [2.05, 4.69) is 18.7 Å². The Hall–Kier alpha value is -3.26. The zero-order valence-electron chi connectivity index (χ0n) is 21.9. The lowest BCUT2D eigenvalue weighted by Crippen LogP contribution is -2.41. The van der Waals surface area contributed by atoms with Crippen LogP contribution in [0.25, 0.3) is 10.9 Å². The highest BCUT2D eigenvalue weighted by atomic mass is 19.2. The summed E-state index contributed by atoms with van der Waals surface area (Å²) in [6.45, 7) is 8.71. The first-order chi connectivity index (χ1) is 17.8. The Kier molecular flexibility index (Phi) is 8.59. The monoisotopic (exact) mass is 510 g/mol. The van der Waals surface area contributed by atoms with Gasteiger partial charge >= 0.3 is 0 Å². The van der Waals surface area contributed by atoms with E-state index in [9.17, 15) is 18.4 Å². The Morgan fingerprint density at radius 1 is 0.919 bits per heavy atom. The van der Waals surface area contributed by atoms with Crippen LogP contribution in [0.1, 0.15) is 45.6 Å². The van der Waals surface area contributed by atoms with E-state index in [0.29, 0.717) is 36.8 Å². The van der Waals surface area contributed by atoms with Gasteiger partial charge in [-0.2, -0.15) is 0 Å². The number of halogens is 2. The molecule has 1 aromatic heterocycles. The minimum absolute atomic E-state index is 0.0970. The largest absolute Gasteiger partial charge is 0.338 e. The van der Waals surface area contributed by atoms with Crippen LogP contribution in [0.3, 0.4) is 0 Å². The number of hydrogen-bond donors (Lipinski definition) is 0. The van der Waals surface area contributed by atoms with Gasteiger partial charge in [-0.1, -0.05) is 25.1 Å². The van der Waals surface area contributed by atoms with E-state index >= 15 is 0 Å². The Morgan fingerprint density at radius 2 is 1.62 bits per heavy atom. The summed E-state index contributed by atoms with van der Waals surface area (Å²) < 4.78 is 30.8. The van der Waals surface area contributed by atoms with Crippen LogP contribution in [-0.4, -0.2) is 58.4 Å². The van der Waals surface area contributed by atoms with Crippen LogP contribution in [0.2, 0.25) is 0 Å². The fraction of sp³-hybridized carbons (Fsp3) is 0.448. The first kappa shape index (κ1) is 26.8. The molecule has 3 aromatic rings. The third-order valence-corrected chi connectivity index (χ3v) is 7.15. The Bertz CT molecular complexity index is 1260. The topological polar surface area (TPSA) is 48.8 Å². The van der Waals surface area contributed by atoms with Crippen LogP contribution in [0.5, 0.6) is 0 Å². The number of rotatable bonds is 4. The van der Waals surface area contributed by atoms with E-state index in [-0.39, 0.29) is 31.3 Å². The molecule has 0 saturated heterocycles. The molecular weight excluding hydrogens is 474 g/mol. The Labute approximate surface area is 217 Å². The summed E-state index contributed by atoms with van der Waals surface area (Å²) in [5.74, 6) is -2.25. The summed E-state index contributed by atoms with van der Waals surface area (Å²) >= 11 is 0. The SMILES string of the molecule is CCC(=O)N1CCCN(C(C)C)CCCN(C(=O)Cn2ccc3ccccc32)Cc2cc(F)c(F)cc21. The molecule has 0 N–H and O–H groups in total. The first-order valence-corrected chi connectivity index (χ1v) is 13.1. The molecule has 37 heavy (non-hydrogen) atoms. The van der Waals surface area contributed by atoms with Crippen molar-refractivity contribution in [2.24, 2.45) is 0 Å². The molecule has 198 valence electrons.